The van der Waals surface area contributed by atoms with E-state index in [2.05, 4.69) is 15.4 Å². The second kappa shape index (κ2) is 6.66. The number of fused-ring (bicyclic) bond motifs is 1. The molecule has 0 saturated carbocycles. The van der Waals surface area contributed by atoms with Crippen LogP contribution in [-0.2, 0) is 11.3 Å². The largest absolute Gasteiger partial charge is 0.368 e. The molecule has 132 valence electrons. The first-order chi connectivity index (χ1) is 12.6. The summed E-state index contributed by atoms with van der Waals surface area (Å²) < 4.78 is 1.78. The van der Waals surface area contributed by atoms with E-state index in [4.69, 9.17) is 10.7 Å². The average Bonchev–Trinajstić information content (AvgIpc) is 3.28. The van der Waals surface area contributed by atoms with Crippen LogP contribution in [0.5, 0.6) is 0 Å². The lowest BCUT2D eigenvalue weighted by molar-refractivity contribution is -0.119. The molecule has 8 nitrogen and oxygen atoms in total. The van der Waals surface area contributed by atoms with Crippen LogP contribution < -0.4 is 21.4 Å². The van der Waals surface area contributed by atoms with Gasteiger partial charge >= 0.3 is 0 Å². The Balaban J connectivity index is 1.71. The van der Waals surface area contributed by atoms with Crippen molar-refractivity contribution in [1.82, 2.24) is 19.6 Å². The molecule has 4 rings (SSSR count). The van der Waals surface area contributed by atoms with E-state index in [0.29, 0.717) is 6.54 Å². The van der Waals surface area contributed by atoms with Crippen LogP contribution in [0.4, 0.5) is 11.6 Å². The van der Waals surface area contributed by atoms with Gasteiger partial charge in [0.2, 0.25) is 5.91 Å². The first-order valence-electron chi connectivity index (χ1n) is 8.67. The highest BCUT2D eigenvalue weighted by Gasteiger charge is 2.30. The quantitative estimate of drug-likeness (QED) is 0.600. The van der Waals surface area contributed by atoms with Crippen LogP contribution in [-0.4, -0.2) is 45.9 Å². The molecular weight excluding hydrogens is 329 g/mol. The van der Waals surface area contributed by atoms with Crippen molar-refractivity contribution in [2.24, 2.45) is 5.73 Å². The van der Waals surface area contributed by atoms with E-state index in [1.807, 2.05) is 37.1 Å². The van der Waals surface area contributed by atoms with Crippen molar-refractivity contribution in [1.29, 1.82) is 0 Å². The third-order valence-electron chi connectivity index (χ3n) is 4.71. The molecule has 26 heavy (non-hydrogen) atoms. The summed E-state index contributed by atoms with van der Waals surface area (Å²) in [4.78, 5) is 22.6. The molecule has 1 amide bonds. The molecule has 4 heterocycles. The van der Waals surface area contributed by atoms with Gasteiger partial charge < -0.3 is 16.0 Å². The van der Waals surface area contributed by atoms with Crippen molar-refractivity contribution in [3.63, 3.8) is 0 Å². The fraction of sp³-hybridized carbons (Fsp3) is 0.294. The van der Waals surface area contributed by atoms with Gasteiger partial charge in [0, 0.05) is 37.7 Å². The number of nitrogens with two attached hydrogens (primary N) is 1. The van der Waals surface area contributed by atoms with Gasteiger partial charge in [-0.25, -0.2) is 4.98 Å². The van der Waals surface area contributed by atoms with Crippen LogP contribution in [0.1, 0.15) is 18.4 Å². The lowest BCUT2D eigenvalue weighted by atomic mass is 10.0. The van der Waals surface area contributed by atoms with E-state index < -0.39 is 0 Å². The molecule has 3 N–H and O–H groups in total. The molecule has 1 aliphatic rings. The van der Waals surface area contributed by atoms with Crippen molar-refractivity contribution in [3.05, 3.63) is 42.4 Å². The van der Waals surface area contributed by atoms with Crippen molar-refractivity contribution < 1.29 is 4.79 Å². The van der Waals surface area contributed by atoms with Gasteiger partial charge in [0.15, 0.2) is 5.65 Å². The molecule has 1 atom stereocenters. The number of anilines is 2. The molecule has 1 fully saturated rings. The summed E-state index contributed by atoms with van der Waals surface area (Å²) in [6.45, 7) is 1.39. The monoisotopic (exact) mass is 349 g/mol. The molecule has 0 radical (unpaired) electrons. The van der Waals surface area contributed by atoms with Gasteiger partial charge in [-0.2, -0.15) is 9.61 Å². The summed E-state index contributed by atoms with van der Waals surface area (Å²) in [6, 6.07) is 5.54. The summed E-state index contributed by atoms with van der Waals surface area (Å²) in [5.74, 6) is 1.26. The molecule has 3 aromatic heterocycles. The summed E-state index contributed by atoms with van der Waals surface area (Å²) >= 11 is 0. The minimum atomic E-state index is -0.306. The fourth-order valence-electron chi connectivity index (χ4n) is 3.36. The van der Waals surface area contributed by atoms with Crippen LogP contribution in [0.25, 0.3) is 5.65 Å². The summed E-state index contributed by atoms with van der Waals surface area (Å²) in [7, 11) is 1.97. The zero-order valence-electron chi connectivity index (χ0n) is 14.6. The zero-order chi connectivity index (χ0) is 18.1. The second-order valence-corrected chi connectivity index (χ2v) is 6.53. The van der Waals surface area contributed by atoms with Crippen LogP contribution in [0, 0.1) is 0 Å². The van der Waals surface area contributed by atoms with Crippen molar-refractivity contribution in [3.8, 4) is 0 Å². The Bertz CT molecular complexity index is 943. The first-order valence-corrected chi connectivity index (χ1v) is 8.67. The maximum Gasteiger partial charge on any atom is 0.240 e. The average molecular weight is 349 g/mol. The molecular formula is C17H20BN7O. The van der Waals surface area contributed by atoms with E-state index in [1.54, 1.807) is 16.9 Å². The molecule has 0 spiro atoms. The SMILES string of the molecule is Bc1cnn2c(NCc3cccnc3)cc(N3CCC[C@H]3C(N)=O)nc12. The molecule has 9 heteroatoms. The summed E-state index contributed by atoms with van der Waals surface area (Å²) in [6.07, 6.45) is 7.05. The van der Waals surface area contributed by atoms with Crippen LogP contribution in [0.2, 0.25) is 0 Å². The van der Waals surface area contributed by atoms with Gasteiger partial charge in [0.05, 0.1) is 0 Å². The highest BCUT2D eigenvalue weighted by molar-refractivity contribution is 6.36. The maximum atomic E-state index is 11.8. The standard InChI is InChI=1S/C17H20BN7O/c18-12-10-22-25-14(21-9-11-3-1-5-20-8-11)7-15(23-17(12)25)24-6-2-4-13(24)16(19)26/h1,3,5,7-8,10,13,21H,2,4,6,9,18H2,(H2,19,26)/t13-/m0/s1. The number of carbonyl (C=O) groups is 1. The number of nitrogens with one attached hydrogen (secondary N) is 1. The van der Waals surface area contributed by atoms with Gasteiger partial charge in [-0.05, 0) is 29.9 Å². The minimum Gasteiger partial charge on any atom is -0.368 e. The Kier molecular flexibility index (Phi) is 4.20. The number of nitrogens with zero attached hydrogens (tertiary/aromatic N) is 5. The van der Waals surface area contributed by atoms with E-state index in [0.717, 1.165) is 47.7 Å². The number of amides is 1. The molecule has 1 aliphatic heterocycles. The number of pyridine rings is 1. The van der Waals surface area contributed by atoms with Crippen molar-refractivity contribution in [2.45, 2.75) is 25.4 Å². The zero-order valence-corrected chi connectivity index (χ0v) is 14.6. The predicted octanol–water partition coefficient (Wildman–Crippen LogP) is -0.551. The predicted molar refractivity (Wildman–Crippen MR) is 102 cm³/mol. The van der Waals surface area contributed by atoms with Gasteiger partial charge in [0.25, 0.3) is 0 Å². The van der Waals surface area contributed by atoms with Crippen molar-refractivity contribution in [2.75, 3.05) is 16.8 Å². The van der Waals surface area contributed by atoms with Gasteiger partial charge in [-0.3, -0.25) is 9.78 Å². The topological polar surface area (TPSA) is 101 Å². The summed E-state index contributed by atoms with van der Waals surface area (Å²) in [5.41, 5.74) is 8.39. The van der Waals surface area contributed by atoms with E-state index >= 15 is 0 Å². The highest BCUT2D eigenvalue weighted by Crippen LogP contribution is 2.26. The third-order valence-corrected chi connectivity index (χ3v) is 4.71. The van der Waals surface area contributed by atoms with Gasteiger partial charge in [0.1, 0.15) is 25.5 Å². The molecule has 1 saturated heterocycles. The lowest BCUT2D eigenvalue weighted by Gasteiger charge is -2.24. The molecule has 0 aliphatic carbocycles. The third kappa shape index (κ3) is 2.96. The Morgan fingerprint density at radius 1 is 1.42 bits per heavy atom. The number of aromatic nitrogens is 4. The van der Waals surface area contributed by atoms with Crippen LogP contribution in [0.15, 0.2) is 36.8 Å². The summed E-state index contributed by atoms with van der Waals surface area (Å²) in [5, 5.41) is 7.82. The molecule has 3 aromatic rings. The van der Waals surface area contributed by atoms with E-state index in [9.17, 15) is 4.79 Å². The Morgan fingerprint density at radius 2 is 2.31 bits per heavy atom. The highest BCUT2D eigenvalue weighted by atomic mass is 16.1. The molecule has 0 bridgehead atoms. The smallest absolute Gasteiger partial charge is 0.240 e. The van der Waals surface area contributed by atoms with Gasteiger partial charge in [-0.1, -0.05) is 6.07 Å². The second-order valence-electron chi connectivity index (χ2n) is 6.53. The van der Waals surface area contributed by atoms with Gasteiger partial charge in [-0.15, -0.1) is 0 Å². The Hall–Kier alpha value is -3.10. The first kappa shape index (κ1) is 16.4. The number of primary amides is 1. The van der Waals surface area contributed by atoms with Crippen LogP contribution in [0.3, 0.4) is 0 Å². The van der Waals surface area contributed by atoms with E-state index in [-0.39, 0.29) is 11.9 Å². The lowest BCUT2D eigenvalue weighted by Crippen LogP contribution is -2.40. The normalized spacial score (nSPS) is 16.9. The number of carbonyl (C=O) groups excluding carboxylic acids is 1. The van der Waals surface area contributed by atoms with E-state index in [1.165, 1.54) is 0 Å². The maximum absolute atomic E-state index is 11.8. The Labute approximate surface area is 151 Å². The number of hydrogen-bond acceptors (Lipinski definition) is 6. The van der Waals surface area contributed by atoms with Crippen LogP contribution >= 0.6 is 0 Å². The fourth-order valence-corrected chi connectivity index (χ4v) is 3.36. The van der Waals surface area contributed by atoms with Crippen molar-refractivity contribution >= 4 is 36.5 Å². The number of hydrogen-bond donors (Lipinski definition) is 2. The molecule has 0 unspecified atom stereocenters. The number of rotatable bonds is 5. The Morgan fingerprint density at radius 3 is 3.08 bits per heavy atom. The molecule has 0 aromatic carbocycles. The minimum absolute atomic E-state index is 0.306.